The molecule has 4 heterocycles. The quantitative estimate of drug-likeness (QED) is 0.618. The van der Waals surface area contributed by atoms with Gasteiger partial charge in [-0.3, -0.25) is 9.78 Å². The van der Waals surface area contributed by atoms with Crippen molar-refractivity contribution in [3.05, 3.63) is 47.4 Å². The number of carbonyl (C=O) groups is 1. The van der Waals surface area contributed by atoms with Crippen LogP contribution in [0.3, 0.4) is 0 Å². The molecule has 2 aromatic heterocycles. The molecule has 7 nitrogen and oxygen atoms in total. The normalized spacial score (nSPS) is 18.5. The van der Waals surface area contributed by atoms with Gasteiger partial charge in [0.2, 0.25) is 0 Å². The summed E-state index contributed by atoms with van der Waals surface area (Å²) in [6, 6.07) is 6.60. The number of ether oxygens (including phenoxy) is 2. The van der Waals surface area contributed by atoms with Crippen LogP contribution in [0, 0.1) is 6.92 Å². The predicted octanol–water partition coefficient (Wildman–Crippen LogP) is 3.76. The standard InChI is InChI=1S/C21H21F5N4O3/c1-13-5-6-15(33-19(22)23)14(27-13)11-30-18(31)12-32-20(30)7-9-29(10-8-20)17-4-2-3-16(28-17)21(24,25)26/h2-6,19H,7-12H2,1H3. The molecule has 1 amide bonds. The van der Waals surface area contributed by atoms with E-state index in [0.29, 0.717) is 31.6 Å². The number of hydrogen-bond donors (Lipinski definition) is 0. The molecule has 0 saturated carbocycles. The number of aromatic nitrogens is 2. The van der Waals surface area contributed by atoms with Crippen LogP contribution in [-0.4, -0.2) is 52.8 Å². The number of hydrogen-bond acceptors (Lipinski definition) is 6. The lowest BCUT2D eigenvalue weighted by Gasteiger charge is -2.43. The first-order chi connectivity index (χ1) is 15.6. The molecule has 178 valence electrons. The molecule has 4 rings (SSSR count). The van der Waals surface area contributed by atoms with Gasteiger partial charge in [0.1, 0.15) is 35.3 Å². The first kappa shape index (κ1) is 23.1. The van der Waals surface area contributed by atoms with Crippen LogP contribution < -0.4 is 9.64 Å². The first-order valence-corrected chi connectivity index (χ1v) is 10.2. The lowest BCUT2D eigenvalue weighted by atomic mass is 9.98. The summed E-state index contributed by atoms with van der Waals surface area (Å²) in [5.74, 6) is -0.272. The van der Waals surface area contributed by atoms with E-state index in [4.69, 9.17) is 4.74 Å². The lowest BCUT2D eigenvalue weighted by molar-refractivity contribution is -0.141. The van der Waals surface area contributed by atoms with Gasteiger partial charge in [0.15, 0.2) is 0 Å². The third-order valence-electron chi connectivity index (χ3n) is 5.75. The maximum atomic E-state index is 13.0. The Bertz CT molecular complexity index is 1030. The molecule has 33 heavy (non-hydrogen) atoms. The van der Waals surface area contributed by atoms with Crippen LogP contribution in [0.25, 0.3) is 0 Å². The zero-order valence-corrected chi connectivity index (χ0v) is 17.6. The van der Waals surface area contributed by atoms with E-state index in [9.17, 15) is 26.7 Å². The Morgan fingerprint density at radius 3 is 2.55 bits per heavy atom. The number of aryl methyl sites for hydroxylation is 1. The van der Waals surface area contributed by atoms with Gasteiger partial charge in [0.25, 0.3) is 5.91 Å². The Morgan fingerprint density at radius 2 is 1.88 bits per heavy atom. The molecule has 0 bridgehead atoms. The Balaban J connectivity index is 1.52. The Labute approximate surface area is 186 Å². The minimum absolute atomic E-state index is 0.0929. The van der Waals surface area contributed by atoms with Crippen LogP contribution in [0.4, 0.5) is 27.8 Å². The first-order valence-electron chi connectivity index (χ1n) is 10.2. The second-order valence-electron chi connectivity index (χ2n) is 7.86. The minimum Gasteiger partial charge on any atom is -0.433 e. The zero-order valence-electron chi connectivity index (χ0n) is 17.6. The fraction of sp³-hybridized carbons (Fsp3) is 0.476. The Morgan fingerprint density at radius 1 is 1.15 bits per heavy atom. The highest BCUT2D eigenvalue weighted by molar-refractivity contribution is 5.80. The molecular formula is C21H21F5N4O3. The second kappa shape index (κ2) is 8.73. The van der Waals surface area contributed by atoms with Crippen LogP contribution in [0.15, 0.2) is 30.3 Å². The molecule has 0 N–H and O–H groups in total. The van der Waals surface area contributed by atoms with Crippen molar-refractivity contribution in [2.45, 2.75) is 44.8 Å². The van der Waals surface area contributed by atoms with Gasteiger partial charge in [-0.2, -0.15) is 22.0 Å². The van der Waals surface area contributed by atoms with E-state index in [0.717, 1.165) is 6.07 Å². The number of halogens is 5. The summed E-state index contributed by atoms with van der Waals surface area (Å²) >= 11 is 0. The molecule has 0 atom stereocenters. The number of nitrogens with zero attached hydrogens (tertiary/aromatic N) is 4. The van der Waals surface area contributed by atoms with Gasteiger partial charge in [-0.05, 0) is 31.2 Å². The van der Waals surface area contributed by atoms with Crippen molar-refractivity contribution in [3.8, 4) is 5.75 Å². The molecule has 2 aliphatic rings. The van der Waals surface area contributed by atoms with Crippen molar-refractivity contribution in [3.63, 3.8) is 0 Å². The largest absolute Gasteiger partial charge is 0.433 e. The lowest BCUT2D eigenvalue weighted by Crippen LogP contribution is -2.54. The van der Waals surface area contributed by atoms with E-state index in [1.54, 1.807) is 11.8 Å². The van der Waals surface area contributed by atoms with Crippen LogP contribution in [0.1, 0.15) is 29.9 Å². The third-order valence-corrected chi connectivity index (χ3v) is 5.75. The Kier molecular flexibility index (Phi) is 6.12. The molecule has 2 aromatic rings. The average Bonchev–Trinajstić information content (AvgIpc) is 3.05. The van der Waals surface area contributed by atoms with Crippen molar-refractivity contribution in [2.75, 3.05) is 24.6 Å². The van der Waals surface area contributed by atoms with Crippen molar-refractivity contribution in [1.82, 2.24) is 14.9 Å². The van der Waals surface area contributed by atoms with Crippen molar-refractivity contribution >= 4 is 11.7 Å². The summed E-state index contributed by atoms with van der Waals surface area (Å²) < 4.78 is 75.0. The summed E-state index contributed by atoms with van der Waals surface area (Å²) in [5, 5.41) is 0. The van der Waals surface area contributed by atoms with Crippen LogP contribution in [0.2, 0.25) is 0 Å². The van der Waals surface area contributed by atoms with E-state index in [1.165, 1.54) is 29.2 Å². The molecule has 0 radical (unpaired) electrons. The van der Waals surface area contributed by atoms with Gasteiger partial charge in [0.05, 0.1) is 6.54 Å². The molecule has 12 heteroatoms. The second-order valence-corrected chi connectivity index (χ2v) is 7.86. The summed E-state index contributed by atoms with van der Waals surface area (Å²) in [4.78, 5) is 23.7. The van der Waals surface area contributed by atoms with Crippen molar-refractivity contribution in [1.29, 1.82) is 0 Å². The average molecular weight is 472 g/mol. The van der Waals surface area contributed by atoms with Crippen molar-refractivity contribution in [2.24, 2.45) is 0 Å². The number of carbonyl (C=O) groups excluding carboxylic acids is 1. The van der Waals surface area contributed by atoms with Gasteiger partial charge in [-0.25, -0.2) is 4.98 Å². The van der Waals surface area contributed by atoms with Crippen LogP contribution in [-0.2, 0) is 22.3 Å². The van der Waals surface area contributed by atoms with E-state index < -0.39 is 24.2 Å². The predicted molar refractivity (Wildman–Crippen MR) is 106 cm³/mol. The number of piperidine rings is 1. The SMILES string of the molecule is Cc1ccc(OC(F)F)c(CN2C(=O)COC23CCN(c2cccc(C(F)(F)F)n2)CC3)n1. The smallest absolute Gasteiger partial charge is 0.433 e. The van der Waals surface area contributed by atoms with Gasteiger partial charge in [-0.15, -0.1) is 0 Å². The molecule has 1 spiro atoms. The van der Waals surface area contributed by atoms with Crippen LogP contribution in [0.5, 0.6) is 5.75 Å². The summed E-state index contributed by atoms with van der Waals surface area (Å²) in [6.45, 7) is -1.05. The monoisotopic (exact) mass is 472 g/mol. The van der Waals surface area contributed by atoms with E-state index in [2.05, 4.69) is 14.7 Å². The van der Waals surface area contributed by atoms with Gasteiger partial charge >= 0.3 is 12.8 Å². The van der Waals surface area contributed by atoms with Crippen LogP contribution >= 0.6 is 0 Å². The van der Waals surface area contributed by atoms with Gasteiger partial charge < -0.3 is 19.3 Å². The number of amides is 1. The zero-order chi connectivity index (χ0) is 23.8. The third kappa shape index (κ3) is 4.85. The van der Waals surface area contributed by atoms with Gasteiger partial charge in [-0.1, -0.05) is 6.07 Å². The van der Waals surface area contributed by atoms with Gasteiger partial charge in [0, 0.05) is 31.6 Å². The fourth-order valence-electron chi connectivity index (χ4n) is 4.13. The molecule has 0 aromatic carbocycles. The fourth-order valence-corrected chi connectivity index (χ4v) is 4.13. The van der Waals surface area contributed by atoms with E-state index in [1.807, 2.05) is 0 Å². The molecule has 2 aliphatic heterocycles. The highest BCUT2D eigenvalue weighted by Gasteiger charge is 2.49. The number of alkyl halides is 5. The maximum absolute atomic E-state index is 13.0. The summed E-state index contributed by atoms with van der Waals surface area (Å²) in [6.07, 6.45) is -3.95. The highest BCUT2D eigenvalue weighted by atomic mass is 19.4. The Hall–Kier alpha value is -3.02. The summed E-state index contributed by atoms with van der Waals surface area (Å²) in [5.41, 5.74) is -1.25. The minimum atomic E-state index is -4.55. The number of anilines is 1. The highest BCUT2D eigenvalue weighted by Crippen LogP contribution is 2.38. The maximum Gasteiger partial charge on any atom is 0.433 e. The topological polar surface area (TPSA) is 67.8 Å². The van der Waals surface area contributed by atoms with E-state index >= 15 is 0 Å². The molecule has 0 aliphatic carbocycles. The number of rotatable bonds is 5. The molecule has 2 fully saturated rings. The molecule has 2 saturated heterocycles. The molecule has 0 unspecified atom stereocenters. The number of pyridine rings is 2. The molecular weight excluding hydrogens is 451 g/mol. The van der Waals surface area contributed by atoms with E-state index in [-0.39, 0.29) is 36.3 Å². The summed E-state index contributed by atoms with van der Waals surface area (Å²) in [7, 11) is 0. The van der Waals surface area contributed by atoms with Crippen molar-refractivity contribution < 1.29 is 36.2 Å².